The molecule has 3 heterocycles. The number of nitrogens with two attached hydrogens (primary N) is 1. The summed E-state index contributed by atoms with van der Waals surface area (Å²) in [5.74, 6) is -1.25. The number of imidazole rings is 1. The van der Waals surface area contributed by atoms with E-state index in [0.717, 1.165) is 25.0 Å². The van der Waals surface area contributed by atoms with Crippen LogP contribution in [0.5, 0.6) is 5.75 Å². The van der Waals surface area contributed by atoms with Crippen molar-refractivity contribution in [2.24, 2.45) is 0 Å². The Morgan fingerprint density at radius 3 is 2.52 bits per heavy atom. The van der Waals surface area contributed by atoms with E-state index >= 15 is 4.39 Å². The zero-order valence-electron chi connectivity index (χ0n) is 27.5. The Balaban J connectivity index is 1.27. The quantitative estimate of drug-likeness (QED) is 0.181. The fraction of sp³-hybridized carbons (Fsp3) is 0.250. The predicted molar refractivity (Wildman–Crippen MR) is 185 cm³/mol. The van der Waals surface area contributed by atoms with E-state index in [2.05, 4.69) is 31.2 Å². The molecule has 1 aliphatic carbocycles. The first kappa shape index (κ1) is 34.9. The predicted octanol–water partition coefficient (Wildman–Crippen LogP) is 6.11. The highest BCUT2D eigenvalue weighted by Gasteiger charge is 2.38. The van der Waals surface area contributed by atoms with E-state index < -0.39 is 41.1 Å². The Morgan fingerprint density at radius 2 is 1.83 bits per heavy atom. The molecule has 3 N–H and O–H groups in total. The lowest BCUT2D eigenvalue weighted by Crippen LogP contribution is -2.47. The molecular weight excluding hydrogens is 750 g/mol. The van der Waals surface area contributed by atoms with Crippen molar-refractivity contribution in [3.8, 4) is 22.8 Å². The molecule has 1 aliphatic heterocycles. The maximum absolute atomic E-state index is 15.3. The summed E-state index contributed by atoms with van der Waals surface area (Å²) in [4.78, 5) is 51.8. The highest BCUT2D eigenvalue weighted by molar-refractivity contribution is 9.10. The lowest BCUT2D eigenvalue weighted by molar-refractivity contribution is -0.138. The number of rotatable bonds is 8. The summed E-state index contributed by atoms with van der Waals surface area (Å²) in [6, 6.07) is 14.9. The van der Waals surface area contributed by atoms with E-state index in [0.29, 0.717) is 11.4 Å². The fourth-order valence-electron chi connectivity index (χ4n) is 6.16. The van der Waals surface area contributed by atoms with Crippen molar-refractivity contribution in [3.63, 3.8) is 0 Å². The molecule has 1 saturated carbocycles. The molecule has 0 spiro atoms. The summed E-state index contributed by atoms with van der Waals surface area (Å²) < 4.78 is 64.7. The molecule has 2 amide bonds. The Kier molecular flexibility index (Phi) is 9.10. The molecular formula is C36H30BrF4N7O4. The summed E-state index contributed by atoms with van der Waals surface area (Å²) in [6.07, 6.45) is -1.29. The summed E-state index contributed by atoms with van der Waals surface area (Å²) >= 11 is 2.90. The zero-order valence-corrected chi connectivity index (χ0v) is 29.0. The van der Waals surface area contributed by atoms with Crippen LogP contribution in [0, 0.1) is 5.82 Å². The molecule has 16 heteroatoms. The van der Waals surface area contributed by atoms with Gasteiger partial charge in [0, 0.05) is 46.5 Å². The van der Waals surface area contributed by atoms with E-state index in [9.17, 15) is 27.6 Å². The van der Waals surface area contributed by atoms with E-state index in [1.165, 1.54) is 44.5 Å². The number of amides is 2. The Morgan fingerprint density at radius 1 is 1.08 bits per heavy atom. The van der Waals surface area contributed by atoms with Crippen molar-refractivity contribution < 1.29 is 31.9 Å². The topological polar surface area (TPSA) is 137 Å². The molecule has 52 heavy (non-hydrogen) atoms. The molecule has 0 radical (unpaired) electrons. The number of ether oxygens (including phenoxy) is 1. The van der Waals surface area contributed by atoms with Crippen molar-refractivity contribution in [2.75, 3.05) is 5.73 Å². The van der Waals surface area contributed by atoms with Crippen LogP contribution in [-0.4, -0.2) is 48.0 Å². The number of halogens is 5. The number of aromatic nitrogens is 4. The number of benzene rings is 3. The van der Waals surface area contributed by atoms with Crippen LogP contribution in [0.15, 0.2) is 82.2 Å². The maximum Gasteiger partial charge on any atom is 0.417 e. The van der Waals surface area contributed by atoms with Crippen LogP contribution in [0.2, 0.25) is 0 Å². The number of carbonyl (C=O) groups is 2. The third-order valence-electron chi connectivity index (χ3n) is 8.92. The van der Waals surface area contributed by atoms with Crippen molar-refractivity contribution in [2.45, 2.75) is 57.7 Å². The second-order valence-corrected chi connectivity index (χ2v) is 13.4. The first-order valence-electron chi connectivity index (χ1n) is 16.2. The number of hydrogen-bond donors (Lipinski definition) is 2. The van der Waals surface area contributed by atoms with E-state index in [-0.39, 0.29) is 69.9 Å². The monoisotopic (exact) mass is 779 g/mol. The molecule has 0 bridgehead atoms. The van der Waals surface area contributed by atoms with Gasteiger partial charge in [-0.25, -0.2) is 19.2 Å². The van der Waals surface area contributed by atoms with E-state index in [4.69, 9.17) is 10.5 Å². The maximum atomic E-state index is 15.3. The SMILES string of the molecule is C[C@H]1Cn2c(c(C(=O)NCc3c(F)cccc3-c3nccc(N)n3)n(-c3ccc(OC4CC4)cc3)c2=O)CN1C(=O)c1ccc(Br)c(C(F)(F)F)c1. The van der Waals surface area contributed by atoms with Gasteiger partial charge in [-0.15, -0.1) is 0 Å². The fourth-order valence-corrected chi connectivity index (χ4v) is 6.63. The van der Waals surface area contributed by atoms with Gasteiger partial charge in [-0.2, -0.15) is 13.2 Å². The standard InChI is InChI=1S/C36H30BrF4N7O4/c1-19-17-47-29(18-46(19)34(50)20-5-12-27(37)26(15-20)36(39,40)41)31(48(35(47)51)21-6-8-22(9-7-21)52-23-10-11-23)33(49)44-16-25-24(3-2-4-28(25)38)32-43-14-13-30(42)45-32/h2-9,12-15,19,23H,10-11,16-18H2,1H3,(H,44,49)(H2,42,43,45)/t19-/m0/s1. The summed E-state index contributed by atoms with van der Waals surface area (Å²) in [7, 11) is 0. The van der Waals surface area contributed by atoms with Crippen LogP contribution in [0.25, 0.3) is 17.1 Å². The first-order chi connectivity index (χ1) is 24.8. The molecule has 0 saturated heterocycles. The second-order valence-electron chi connectivity index (χ2n) is 12.6. The van der Waals surface area contributed by atoms with Crippen LogP contribution < -0.4 is 21.5 Å². The van der Waals surface area contributed by atoms with Gasteiger partial charge >= 0.3 is 11.9 Å². The van der Waals surface area contributed by atoms with Gasteiger partial charge in [0.15, 0.2) is 5.82 Å². The molecule has 11 nitrogen and oxygen atoms in total. The largest absolute Gasteiger partial charge is 0.490 e. The molecule has 0 unspecified atom stereocenters. The molecule has 2 aliphatic rings. The van der Waals surface area contributed by atoms with Gasteiger partial charge in [0.2, 0.25) is 0 Å². The molecule has 1 atom stereocenters. The molecule has 1 fully saturated rings. The van der Waals surface area contributed by atoms with Gasteiger partial charge in [-0.1, -0.05) is 28.1 Å². The smallest absolute Gasteiger partial charge is 0.417 e. The Hall–Kier alpha value is -5.51. The van der Waals surface area contributed by atoms with Crippen LogP contribution in [0.3, 0.4) is 0 Å². The molecule has 7 rings (SSSR count). The highest BCUT2D eigenvalue weighted by Crippen LogP contribution is 2.36. The van der Waals surface area contributed by atoms with Crippen molar-refractivity contribution in [1.29, 1.82) is 0 Å². The minimum atomic E-state index is -4.72. The number of alkyl halides is 3. The molecule has 2 aromatic heterocycles. The highest BCUT2D eigenvalue weighted by atomic mass is 79.9. The normalized spacial score (nSPS) is 15.7. The minimum absolute atomic E-state index is 0.0526. The average molecular weight is 781 g/mol. The third kappa shape index (κ3) is 6.77. The van der Waals surface area contributed by atoms with Gasteiger partial charge < -0.3 is 20.7 Å². The van der Waals surface area contributed by atoms with Gasteiger partial charge in [0.25, 0.3) is 11.8 Å². The minimum Gasteiger partial charge on any atom is -0.490 e. The lowest BCUT2D eigenvalue weighted by atomic mass is 10.1. The zero-order chi connectivity index (χ0) is 36.9. The van der Waals surface area contributed by atoms with Crippen LogP contribution in [0.4, 0.5) is 23.4 Å². The average Bonchev–Trinajstić information content (AvgIpc) is 3.88. The Bertz CT molecular complexity index is 2270. The van der Waals surface area contributed by atoms with Crippen molar-refractivity contribution >= 4 is 33.6 Å². The van der Waals surface area contributed by atoms with Crippen LogP contribution >= 0.6 is 15.9 Å². The van der Waals surface area contributed by atoms with Crippen molar-refractivity contribution in [1.82, 2.24) is 29.3 Å². The van der Waals surface area contributed by atoms with Gasteiger partial charge in [-0.05, 0) is 74.4 Å². The molecule has 268 valence electrons. The first-order valence-corrected chi connectivity index (χ1v) is 17.0. The Labute approximate surface area is 302 Å². The van der Waals surface area contributed by atoms with Gasteiger partial charge in [0.05, 0.1) is 29.6 Å². The summed E-state index contributed by atoms with van der Waals surface area (Å²) in [5, 5.41) is 2.72. The lowest BCUT2D eigenvalue weighted by Gasteiger charge is -2.34. The van der Waals surface area contributed by atoms with Crippen LogP contribution in [-0.2, 0) is 25.8 Å². The van der Waals surface area contributed by atoms with E-state index in [1.54, 1.807) is 37.3 Å². The number of fused-ring (bicyclic) bond motifs is 1. The van der Waals surface area contributed by atoms with Crippen LogP contribution in [0.1, 0.15) is 57.4 Å². The van der Waals surface area contributed by atoms with E-state index in [1.807, 2.05) is 0 Å². The van der Waals surface area contributed by atoms with Gasteiger partial charge in [0.1, 0.15) is 23.1 Å². The second kappa shape index (κ2) is 13.6. The molecule has 5 aromatic rings. The third-order valence-corrected chi connectivity index (χ3v) is 9.61. The summed E-state index contributed by atoms with van der Waals surface area (Å²) in [6.45, 7) is 0.983. The number of carbonyl (C=O) groups excluding carboxylic acids is 2. The number of nitrogens with zero attached hydrogens (tertiary/aromatic N) is 5. The summed E-state index contributed by atoms with van der Waals surface area (Å²) in [5.41, 5.74) is 4.72. The van der Waals surface area contributed by atoms with Crippen molar-refractivity contribution in [3.05, 3.63) is 122 Å². The number of nitrogens with one attached hydrogen (secondary N) is 1. The number of hydrogen-bond acceptors (Lipinski definition) is 7. The number of nitrogen functional groups attached to an aromatic ring is 1. The number of anilines is 1. The van der Waals surface area contributed by atoms with Gasteiger partial charge in [-0.3, -0.25) is 18.7 Å². The molecule has 3 aromatic carbocycles.